The maximum absolute atomic E-state index is 12.2. The van der Waals surface area contributed by atoms with Crippen LogP contribution in [0.2, 0.25) is 0 Å². The smallest absolute Gasteiger partial charge is 0.270 e. The van der Waals surface area contributed by atoms with Crippen LogP contribution in [0, 0.1) is 0 Å². The molecule has 0 atom stereocenters. The van der Waals surface area contributed by atoms with Gasteiger partial charge < -0.3 is 0 Å². The van der Waals surface area contributed by atoms with E-state index in [1.165, 1.54) is 22.4 Å². The normalized spacial score (nSPS) is 18.3. The third kappa shape index (κ3) is 2.93. The molecule has 8 heteroatoms. The lowest BCUT2D eigenvalue weighted by atomic mass is 9.96. The van der Waals surface area contributed by atoms with Gasteiger partial charge in [-0.1, -0.05) is 0 Å². The topological polar surface area (TPSA) is 81.2 Å². The van der Waals surface area contributed by atoms with Crippen LogP contribution in [0.25, 0.3) is 5.65 Å². The molecule has 0 aromatic carbocycles. The number of rotatable bonds is 3. The molecule has 1 aliphatic carbocycles. The first-order valence-electron chi connectivity index (χ1n) is 9.67. The van der Waals surface area contributed by atoms with Crippen molar-refractivity contribution in [1.82, 2.24) is 34.5 Å². The van der Waals surface area contributed by atoms with Crippen LogP contribution < -0.4 is 5.56 Å². The van der Waals surface area contributed by atoms with Crippen LogP contribution in [-0.2, 0) is 26.4 Å². The Bertz CT molecular complexity index is 1050. The molecule has 0 N–H and O–H groups in total. The monoisotopic (exact) mass is 365 g/mol. The van der Waals surface area contributed by atoms with Crippen molar-refractivity contribution >= 4 is 5.65 Å². The quantitative estimate of drug-likeness (QED) is 0.691. The van der Waals surface area contributed by atoms with E-state index in [0.717, 1.165) is 55.8 Å². The number of fused-ring (bicyclic) bond motifs is 2. The molecule has 0 spiro atoms. The van der Waals surface area contributed by atoms with Gasteiger partial charge in [0, 0.05) is 31.3 Å². The summed E-state index contributed by atoms with van der Waals surface area (Å²) in [5.74, 6) is 1.35. The highest BCUT2D eigenvalue weighted by molar-refractivity contribution is 5.43. The highest BCUT2D eigenvalue weighted by atomic mass is 16.1. The van der Waals surface area contributed by atoms with Gasteiger partial charge in [-0.15, -0.1) is 10.2 Å². The first-order valence-corrected chi connectivity index (χ1v) is 9.67. The standard InChI is InChI=1S/C19H23N7O/c1-24-19(27)15(5-8-20-24)12-25-9-6-13(7-10-25)18-22-21-17-11-14-3-2-4-16(14)23-26(17)18/h5,8,11,13H,2-4,6-7,9-10,12H2,1H3. The summed E-state index contributed by atoms with van der Waals surface area (Å²) in [5, 5.41) is 17.6. The first-order chi connectivity index (χ1) is 13.2. The minimum atomic E-state index is -0.0128. The van der Waals surface area contributed by atoms with Crippen LogP contribution in [0.1, 0.15) is 47.8 Å². The van der Waals surface area contributed by atoms with Gasteiger partial charge >= 0.3 is 0 Å². The van der Waals surface area contributed by atoms with Gasteiger partial charge in [0.2, 0.25) is 0 Å². The number of piperidine rings is 1. The zero-order valence-corrected chi connectivity index (χ0v) is 15.5. The van der Waals surface area contributed by atoms with E-state index in [9.17, 15) is 4.79 Å². The fourth-order valence-corrected chi connectivity index (χ4v) is 4.31. The van der Waals surface area contributed by atoms with Gasteiger partial charge in [-0.05, 0) is 62.9 Å². The molecule has 2 aliphatic rings. The minimum absolute atomic E-state index is 0.0128. The molecule has 8 nitrogen and oxygen atoms in total. The molecular formula is C19H23N7O. The van der Waals surface area contributed by atoms with Crippen molar-refractivity contribution in [2.75, 3.05) is 13.1 Å². The Kier molecular flexibility index (Phi) is 4.00. The Balaban J connectivity index is 1.31. The lowest BCUT2D eigenvalue weighted by Gasteiger charge is -2.30. The number of nitrogens with zero attached hydrogens (tertiary/aromatic N) is 7. The molecule has 3 aromatic heterocycles. The third-order valence-electron chi connectivity index (χ3n) is 5.87. The van der Waals surface area contributed by atoms with E-state index in [1.54, 1.807) is 13.2 Å². The van der Waals surface area contributed by atoms with E-state index in [-0.39, 0.29) is 5.56 Å². The predicted molar refractivity (Wildman–Crippen MR) is 99.5 cm³/mol. The highest BCUT2D eigenvalue weighted by Gasteiger charge is 2.26. The maximum atomic E-state index is 12.2. The lowest BCUT2D eigenvalue weighted by molar-refractivity contribution is 0.199. The Hall–Kier alpha value is -2.61. The summed E-state index contributed by atoms with van der Waals surface area (Å²) >= 11 is 0. The zero-order valence-electron chi connectivity index (χ0n) is 15.5. The number of hydrogen-bond acceptors (Lipinski definition) is 6. The van der Waals surface area contributed by atoms with Crippen molar-refractivity contribution in [2.45, 2.75) is 44.6 Å². The number of likely N-dealkylation sites (tertiary alicyclic amines) is 1. The van der Waals surface area contributed by atoms with Crippen molar-refractivity contribution in [3.63, 3.8) is 0 Å². The van der Waals surface area contributed by atoms with Crippen LogP contribution in [0.15, 0.2) is 23.1 Å². The van der Waals surface area contributed by atoms with Crippen molar-refractivity contribution in [2.24, 2.45) is 7.05 Å². The van der Waals surface area contributed by atoms with Crippen molar-refractivity contribution in [3.8, 4) is 0 Å². The van der Waals surface area contributed by atoms with Crippen LogP contribution in [0.5, 0.6) is 0 Å². The highest BCUT2D eigenvalue weighted by Crippen LogP contribution is 2.28. The Morgan fingerprint density at radius 1 is 1.19 bits per heavy atom. The summed E-state index contributed by atoms with van der Waals surface area (Å²) < 4.78 is 3.36. The summed E-state index contributed by atoms with van der Waals surface area (Å²) in [6, 6.07) is 3.98. The molecule has 140 valence electrons. The zero-order chi connectivity index (χ0) is 18.4. The van der Waals surface area contributed by atoms with E-state index in [4.69, 9.17) is 5.10 Å². The fourth-order valence-electron chi connectivity index (χ4n) is 4.31. The van der Waals surface area contributed by atoms with E-state index >= 15 is 0 Å². The van der Waals surface area contributed by atoms with Crippen molar-refractivity contribution in [1.29, 1.82) is 0 Å². The Morgan fingerprint density at radius 3 is 2.89 bits per heavy atom. The maximum Gasteiger partial charge on any atom is 0.270 e. The second-order valence-corrected chi connectivity index (χ2v) is 7.63. The Labute approximate surface area is 156 Å². The summed E-state index contributed by atoms with van der Waals surface area (Å²) in [7, 11) is 1.69. The van der Waals surface area contributed by atoms with Crippen LogP contribution in [-0.4, -0.2) is 47.6 Å². The molecule has 5 rings (SSSR count). The number of aromatic nitrogens is 6. The number of aryl methyl sites for hydroxylation is 3. The third-order valence-corrected chi connectivity index (χ3v) is 5.87. The van der Waals surface area contributed by atoms with Crippen molar-refractivity contribution in [3.05, 3.63) is 51.3 Å². The van der Waals surface area contributed by atoms with Gasteiger partial charge in [0.05, 0.1) is 5.69 Å². The van der Waals surface area contributed by atoms with E-state index in [0.29, 0.717) is 12.5 Å². The van der Waals surface area contributed by atoms with Gasteiger partial charge in [0.1, 0.15) is 0 Å². The lowest BCUT2D eigenvalue weighted by Crippen LogP contribution is -2.35. The predicted octanol–water partition coefficient (Wildman–Crippen LogP) is 1.09. The minimum Gasteiger partial charge on any atom is -0.299 e. The molecule has 1 saturated heterocycles. The molecule has 27 heavy (non-hydrogen) atoms. The van der Waals surface area contributed by atoms with Crippen LogP contribution in [0.3, 0.4) is 0 Å². The summed E-state index contributed by atoms with van der Waals surface area (Å²) in [6.07, 6.45) is 7.05. The molecule has 1 fully saturated rings. The molecule has 1 aliphatic heterocycles. The summed E-state index contributed by atoms with van der Waals surface area (Å²) in [6.45, 7) is 2.56. The molecule has 0 amide bonds. The molecule has 4 heterocycles. The van der Waals surface area contributed by atoms with Crippen LogP contribution in [0.4, 0.5) is 0 Å². The van der Waals surface area contributed by atoms with Gasteiger partial charge in [0.15, 0.2) is 11.5 Å². The summed E-state index contributed by atoms with van der Waals surface area (Å²) in [5.41, 5.74) is 4.19. The SMILES string of the molecule is Cn1nccc(CN2CCC(c3nnc4cc5c(nn34)CCC5)CC2)c1=O. The van der Waals surface area contributed by atoms with Gasteiger partial charge in [-0.25, -0.2) is 4.68 Å². The average Bonchev–Trinajstić information content (AvgIpc) is 3.30. The van der Waals surface area contributed by atoms with Gasteiger partial charge in [-0.2, -0.15) is 14.7 Å². The first kappa shape index (κ1) is 16.6. The summed E-state index contributed by atoms with van der Waals surface area (Å²) in [4.78, 5) is 14.5. The Morgan fingerprint density at radius 2 is 2.04 bits per heavy atom. The number of hydrogen-bond donors (Lipinski definition) is 0. The largest absolute Gasteiger partial charge is 0.299 e. The molecule has 0 saturated carbocycles. The van der Waals surface area contributed by atoms with Crippen molar-refractivity contribution < 1.29 is 0 Å². The molecular weight excluding hydrogens is 342 g/mol. The van der Waals surface area contributed by atoms with Gasteiger partial charge in [-0.3, -0.25) is 9.69 Å². The fraction of sp³-hybridized carbons (Fsp3) is 0.526. The molecule has 0 unspecified atom stereocenters. The van der Waals surface area contributed by atoms with E-state index < -0.39 is 0 Å². The second kappa shape index (κ2) is 6.53. The van der Waals surface area contributed by atoms with Gasteiger partial charge in [0.25, 0.3) is 5.56 Å². The van der Waals surface area contributed by atoms with E-state index in [2.05, 4.69) is 26.3 Å². The van der Waals surface area contributed by atoms with Crippen LogP contribution >= 0.6 is 0 Å². The molecule has 3 aromatic rings. The second-order valence-electron chi connectivity index (χ2n) is 7.63. The molecule has 0 bridgehead atoms. The van der Waals surface area contributed by atoms with E-state index in [1.807, 2.05) is 10.6 Å². The molecule has 0 radical (unpaired) electrons. The average molecular weight is 365 g/mol.